The minimum atomic E-state index is -4.24. The number of fused-ring (bicyclic) bond motifs is 1. The summed E-state index contributed by atoms with van der Waals surface area (Å²) in [6.45, 7) is 4.41. The fraction of sp³-hybridized carbons (Fsp3) is 0.138. The summed E-state index contributed by atoms with van der Waals surface area (Å²) < 4.78 is 55.5. The van der Waals surface area contributed by atoms with Crippen LogP contribution in [0.25, 0.3) is 0 Å². The van der Waals surface area contributed by atoms with Crippen LogP contribution in [0.4, 0.5) is 11.4 Å². The van der Waals surface area contributed by atoms with Gasteiger partial charge in [-0.2, -0.15) is 0 Å². The number of benzene rings is 3. The van der Waals surface area contributed by atoms with E-state index < -0.39 is 32.0 Å². The number of nitrogens with zero attached hydrogens (tertiary/aromatic N) is 1. The van der Waals surface area contributed by atoms with Gasteiger partial charge in [-0.25, -0.2) is 16.8 Å². The smallest absolute Gasteiger partial charge is 0.261 e. The summed E-state index contributed by atoms with van der Waals surface area (Å²) in [6.07, 6.45) is 2.49. The lowest BCUT2D eigenvalue weighted by atomic mass is 9.87. The number of halogens is 2. The molecule has 0 aliphatic carbocycles. The summed E-state index contributed by atoms with van der Waals surface area (Å²) in [6, 6.07) is 20.6. The Bertz CT molecular complexity index is 1960. The standard InChI is InChI=1S/C29H26Cl2N4O5S2/c1-18(33-42(39,40)22-9-5-8-21(16-22)34-41(2,37)38)28-27(23-10-6-14-32-29(23)36)24-15-20(30)12-13-26(24)35(28)17-19-7-3-4-11-25(19)31/h3-16,27-28,33-34H,1,17H2,2H3,(H,32,36). The number of H-pyrrole nitrogens is 1. The van der Waals surface area contributed by atoms with Gasteiger partial charge >= 0.3 is 0 Å². The van der Waals surface area contributed by atoms with E-state index in [1.165, 1.54) is 30.5 Å². The van der Waals surface area contributed by atoms with Crippen LogP contribution in [0.3, 0.4) is 0 Å². The third-order valence-electron chi connectivity index (χ3n) is 6.84. The van der Waals surface area contributed by atoms with Gasteiger partial charge in [-0.15, -0.1) is 0 Å². The van der Waals surface area contributed by atoms with Gasteiger partial charge in [-0.05, 0) is 59.7 Å². The first-order valence-electron chi connectivity index (χ1n) is 12.6. The Balaban J connectivity index is 1.61. The van der Waals surface area contributed by atoms with Crippen LogP contribution in [0.15, 0.2) is 107 Å². The van der Waals surface area contributed by atoms with E-state index in [0.717, 1.165) is 23.1 Å². The third-order valence-corrected chi connectivity index (χ3v) is 9.45. The maximum Gasteiger partial charge on any atom is 0.261 e. The van der Waals surface area contributed by atoms with E-state index in [0.29, 0.717) is 15.6 Å². The number of aromatic amines is 1. The van der Waals surface area contributed by atoms with Crippen molar-refractivity contribution in [1.82, 2.24) is 9.71 Å². The van der Waals surface area contributed by atoms with Crippen LogP contribution < -0.4 is 19.9 Å². The number of rotatable bonds is 9. The molecule has 0 spiro atoms. The number of pyridine rings is 1. The molecule has 4 aromatic rings. The van der Waals surface area contributed by atoms with Crippen molar-refractivity contribution >= 4 is 54.6 Å². The number of hydrogen-bond acceptors (Lipinski definition) is 6. The Kier molecular flexibility index (Phi) is 8.13. The summed E-state index contributed by atoms with van der Waals surface area (Å²) in [4.78, 5) is 17.6. The zero-order chi connectivity index (χ0) is 30.2. The molecular formula is C29H26Cl2N4O5S2. The van der Waals surface area contributed by atoms with Crippen molar-refractivity contribution < 1.29 is 16.8 Å². The molecule has 2 atom stereocenters. The maximum absolute atomic E-state index is 13.6. The van der Waals surface area contributed by atoms with Crippen LogP contribution in [0, 0.1) is 0 Å². The van der Waals surface area contributed by atoms with Gasteiger partial charge in [0.15, 0.2) is 0 Å². The van der Waals surface area contributed by atoms with Crippen LogP contribution in [0.5, 0.6) is 0 Å². The Hall–Kier alpha value is -3.77. The molecule has 1 aromatic heterocycles. The molecule has 0 amide bonds. The predicted octanol–water partition coefficient (Wildman–Crippen LogP) is 5.07. The highest BCUT2D eigenvalue weighted by molar-refractivity contribution is 7.92. The van der Waals surface area contributed by atoms with Gasteiger partial charge in [0, 0.05) is 51.3 Å². The average Bonchev–Trinajstić information content (AvgIpc) is 3.22. The van der Waals surface area contributed by atoms with Crippen molar-refractivity contribution in [3.8, 4) is 0 Å². The van der Waals surface area contributed by atoms with Gasteiger partial charge in [0.2, 0.25) is 10.0 Å². The average molecular weight is 646 g/mol. The van der Waals surface area contributed by atoms with Crippen LogP contribution in [0.1, 0.15) is 22.6 Å². The van der Waals surface area contributed by atoms with Crippen molar-refractivity contribution in [2.75, 3.05) is 15.9 Å². The van der Waals surface area contributed by atoms with Crippen LogP contribution in [0.2, 0.25) is 10.0 Å². The number of anilines is 2. The van der Waals surface area contributed by atoms with Gasteiger partial charge < -0.3 is 9.88 Å². The predicted molar refractivity (Wildman–Crippen MR) is 166 cm³/mol. The summed E-state index contributed by atoms with van der Waals surface area (Å²) in [5.41, 5.74) is 2.46. The van der Waals surface area contributed by atoms with Gasteiger partial charge in [0.25, 0.3) is 15.6 Å². The molecule has 1 aliphatic rings. The van der Waals surface area contributed by atoms with Gasteiger partial charge in [-0.3, -0.25) is 14.2 Å². The van der Waals surface area contributed by atoms with E-state index in [1.807, 2.05) is 29.2 Å². The summed E-state index contributed by atoms with van der Waals surface area (Å²) >= 11 is 12.9. The van der Waals surface area contributed by atoms with Crippen molar-refractivity contribution in [3.63, 3.8) is 0 Å². The van der Waals surface area contributed by atoms with Crippen molar-refractivity contribution in [2.45, 2.75) is 23.4 Å². The molecule has 218 valence electrons. The fourth-order valence-electron chi connectivity index (χ4n) is 5.17. The normalized spacial score (nSPS) is 16.6. The van der Waals surface area contributed by atoms with E-state index in [4.69, 9.17) is 23.2 Å². The Morgan fingerprint density at radius 2 is 1.71 bits per heavy atom. The van der Waals surface area contributed by atoms with Gasteiger partial charge in [-0.1, -0.05) is 60.1 Å². The largest absolute Gasteiger partial charge is 0.357 e. The van der Waals surface area contributed by atoms with Crippen LogP contribution in [-0.4, -0.2) is 34.1 Å². The molecule has 2 unspecified atom stereocenters. The molecule has 13 heteroatoms. The second-order valence-corrected chi connectivity index (χ2v) is 14.1. The highest BCUT2D eigenvalue weighted by Crippen LogP contribution is 2.47. The monoisotopic (exact) mass is 644 g/mol. The number of nitrogens with one attached hydrogen (secondary N) is 3. The van der Waals surface area contributed by atoms with E-state index in [1.54, 1.807) is 30.3 Å². The second kappa shape index (κ2) is 11.5. The molecular weight excluding hydrogens is 619 g/mol. The van der Waals surface area contributed by atoms with Gasteiger partial charge in [0.05, 0.1) is 17.2 Å². The van der Waals surface area contributed by atoms with Crippen molar-refractivity contribution in [2.24, 2.45) is 0 Å². The van der Waals surface area contributed by atoms with E-state index in [2.05, 4.69) is 21.0 Å². The highest BCUT2D eigenvalue weighted by atomic mass is 35.5. The molecule has 0 radical (unpaired) electrons. The Morgan fingerprint density at radius 3 is 2.43 bits per heavy atom. The zero-order valence-electron chi connectivity index (χ0n) is 22.2. The summed E-state index contributed by atoms with van der Waals surface area (Å²) in [7, 11) is -7.88. The molecule has 0 saturated heterocycles. The number of aromatic nitrogens is 1. The second-order valence-electron chi connectivity index (χ2n) is 9.83. The molecule has 0 saturated carbocycles. The van der Waals surface area contributed by atoms with E-state index >= 15 is 0 Å². The lowest BCUT2D eigenvalue weighted by molar-refractivity contribution is 0.573. The quantitative estimate of drug-likeness (QED) is 0.233. The Morgan fingerprint density at radius 1 is 0.952 bits per heavy atom. The molecule has 3 aromatic carbocycles. The zero-order valence-corrected chi connectivity index (χ0v) is 25.4. The van der Waals surface area contributed by atoms with E-state index in [-0.39, 0.29) is 28.4 Å². The summed E-state index contributed by atoms with van der Waals surface area (Å²) in [5, 5.41) is 0.972. The SMILES string of the molecule is C=C(NS(=O)(=O)c1cccc(NS(C)(=O)=O)c1)C1C(c2ccc[nH]c2=O)c2cc(Cl)ccc2N1Cc1ccccc1Cl. The maximum atomic E-state index is 13.6. The van der Waals surface area contributed by atoms with Crippen molar-refractivity contribution in [1.29, 1.82) is 0 Å². The number of sulfonamides is 2. The number of hydrogen-bond donors (Lipinski definition) is 3. The topological polar surface area (TPSA) is 128 Å². The molecule has 42 heavy (non-hydrogen) atoms. The lowest BCUT2D eigenvalue weighted by Crippen LogP contribution is -2.42. The molecule has 2 heterocycles. The minimum absolute atomic E-state index is 0.0861. The first kappa shape index (κ1) is 29.7. The minimum Gasteiger partial charge on any atom is -0.357 e. The fourth-order valence-corrected chi connectivity index (χ4v) is 7.22. The molecule has 0 fully saturated rings. The van der Waals surface area contributed by atoms with Crippen molar-refractivity contribution in [3.05, 3.63) is 134 Å². The molecule has 0 bridgehead atoms. The molecule has 3 N–H and O–H groups in total. The van der Waals surface area contributed by atoms with Crippen LogP contribution >= 0.6 is 23.2 Å². The summed E-state index contributed by atoms with van der Waals surface area (Å²) in [5.74, 6) is -0.653. The highest BCUT2D eigenvalue weighted by Gasteiger charge is 2.43. The molecule has 5 rings (SSSR count). The van der Waals surface area contributed by atoms with Gasteiger partial charge in [0.1, 0.15) is 0 Å². The van der Waals surface area contributed by atoms with Crippen LogP contribution in [-0.2, 0) is 26.6 Å². The molecule has 9 nitrogen and oxygen atoms in total. The van der Waals surface area contributed by atoms with E-state index in [9.17, 15) is 21.6 Å². The lowest BCUT2D eigenvalue weighted by Gasteiger charge is -2.32. The first-order chi connectivity index (χ1) is 19.8. The third kappa shape index (κ3) is 6.19. The molecule has 1 aliphatic heterocycles. The Labute approximate surface area is 253 Å². The first-order valence-corrected chi connectivity index (χ1v) is 16.7.